The third-order valence-corrected chi connectivity index (χ3v) is 3.73. The molecule has 0 atom stereocenters. The molecule has 92 valence electrons. The van der Waals surface area contributed by atoms with Crippen molar-refractivity contribution in [2.24, 2.45) is 0 Å². The first-order valence-corrected chi connectivity index (χ1v) is 6.33. The van der Waals surface area contributed by atoms with Crippen molar-refractivity contribution >= 4 is 17.7 Å². The van der Waals surface area contributed by atoms with Crippen LogP contribution in [0, 0.1) is 13.8 Å². The number of carboxylic acids is 1. The minimum absolute atomic E-state index is 0.239. The molecule has 0 bridgehead atoms. The van der Waals surface area contributed by atoms with Crippen LogP contribution in [0.2, 0.25) is 0 Å². The molecule has 18 heavy (non-hydrogen) atoms. The topological polar surface area (TPSA) is 50.2 Å². The average Bonchev–Trinajstić information content (AvgIpc) is 2.34. The van der Waals surface area contributed by atoms with Gasteiger partial charge in [-0.3, -0.25) is 0 Å². The van der Waals surface area contributed by atoms with E-state index in [0.717, 1.165) is 16.0 Å². The molecule has 1 heterocycles. The molecule has 0 unspecified atom stereocenters. The van der Waals surface area contributed by atoms with Crippen LogP contribution in [0.15, 0.2) is 46.5 Å². The molecule has 0 aliphatic rings. The molecule has 0 saturated carbocycles. The molecule has 3 nitrogen and oxygen atoms in total. The number of rotatable bonds is 3. The second-order valence-corrected chi connectivity index (χ2v) is 5.06. The maximum Gasteiger partial charge on any atom is 0.338 e. The van der Waals surface area contributed by atoms with E-state index in [1.165, 1.54) is 11.8 Å². The Kier molecular flexibility index (Phi) is 3.67. The summed E-state index contributed by atoms with van der Waals surface area (Å²) in [6, 6.07) is 9.32. The van der Waals surface area contributed by atoms with Gasteiger partial charge < -0.3 is 5.11 Å². The third-order valence-electron chi connectivity index (χ3n) is 2.55. The van der Waals surface area contributed by atoms with E-state index in [9.17, 15) is 4.79 Å². The number of carbonyl (C=O) groups is 1. The Morgan fingerprint density at radius 3 is 2.78 bits per heavy atom. The SMILES string of the molecule is Cc1ccc(C)c(Sc2ncccc2C(=O)O)c1. The van der Waals surface area contributed by atoms with E-state index in [1.807, 2.05) is 32.0 Å². The zero-order valence-corrected chi connectivity index (χ0v) is 11.0. The van der Waals surface area contributed by atoms with Crippen molar-refractivity contribution in [3.8, 4) is 0 Å². The average molecular weight is 259 g/mol. The lowest BCUT2D eigenvalue weighted by Crippen LogP contribution is -2.00. The second-order valence-electron chi connectivity index (χ2n) is 4.03. The van der Waals surface area contributed by atoms with Gasteiger partial charge in [0.1, 0.15) is 5.03 Å². The molecule has 0 aliphatic carbocycles. The van der Waals surface area contributed by atoms with E-state index in [0.29, 0.717) is 5.03 Å². The number of hydrogen-bond donors (Lipinski definition) is 1. The molecule has 1 aromatic heterocycles. The summed E-state index contributed by atoms with van der Waals surface area (Å²) in [5.74, 6) is -0.948. The number of aryl methyl sites for hydroxylation is 2. The summed E-state index contributed by atoms with van der Waals surface area (Å²) in [5, 5.41) is 9.64. The lowest BCUT2D eigenvalue weighted by atomic mass is 10.2. The molecular weight excluding hydrogens is 246 g/mol. The fourth-order valence-electron chi connectivity index (χ4n) is 1.56. The quantitative estimate of drug-likeness (QED) is 0.915. The van der Waals surface area contributed by atoms with E-state index in [4.69, 9.17) is 5.11 Å². The summed E-state index contributed by atoms with van der Waals surface area (Å²) in [4.78, 5) is 16.3. The summed E-state index contributed by atoms with van der Waals surface area (Å²) in [7, 11) is 0. The van der Waals surface area contributed by atoms with Crippen molar-refractivity contribution < 1.29 is 9.90 Å². The van der Waals surface area contributed by atoms with Crippen LogP contribution >= 0.6 is 11.8 Å². The highest BCUT2D eigenvalue weighted by Gasteiger charge is 2.12. The Morgan fingerprint density at radius 2 is 2.06 bits per heavy atom. The van der Waals surface area contributed by atoms with Crippen LogP contribution in [-0.4, -0.2) is 16.1 Å². The van der Waals surface area contributed by atoms with Crippen LogP contribution in [0.25, 0.3) is 0 Å². The van der Waals surface area contributed by atoms with Crippen molar-refractivity contribution in [2.75, 3.05) is 0 Å². The van der Waals surface area contributed by atoms with Gasteiger partial charge in [-0.2, -0.15) is 0 Å². The summed E-state index contributed by atoms with van der Waals surface area (Å²) < 4.78 is 0. The molecule has 0 fully saturated rings. The molecule has 0 saturated heterocycles. The van der Waals surface area contributed by atoms with Crippen molar-refractivity contribution in [3.63, 3.8) is 0 Å². The minimum atomic E-state index is -0.948. The first kappa shape index (κ1) is 12.6. The van der Waals surface area contributed by atoms with Gasteiger partial charge in [0.2, 0.25) is 0 Å². The predicted molar refractivity (Wildman–Crippen MR) is 71.2 cm³/mol. The number of nitrogens with zero attached hydrogens (tertiary/aromatic N) is 1. The number of benzene rings is 1. The minimum Gasteiger partial charge on any atom is -0.478 e. The van der Waals surface area contributed by atoms with E-state index in [-0.39, 0.29) is 5.56 Å². The maximum absolute atomic E-state index is 11.1. The molecule has 1 N–H and O–H groups in total. The van der Waals surface area contributed by atoms with Crippen LogP contribution in [0.3, 0.4) is 0 Å². The van der Waals surface area contributed by atoms with Gasteiger partial charge in [0.15, 0.2) is 0 Å². The number of aromatic nitrogens is 1. The van der Waals surface area contributed by atoms with Crippen LogP contribution in [0.4, 0.5) is 0 Å². The lowest BCUT2D eigenvalue weighted by molar-refractivity contribution is 0.0692. The van der Waals surface area contributed by atoms with Gasteiger partial charge in [0.05, 0.1) is 5.56 Å². The van der Waals surface area contributed by atoms with Crippen molar-refractivity contribution in [1.29, 1.82) is 0 Å². The Balaban J connectivity index is 2.40. The third kappa shape index (κ3) is 2.71. The summed E-state index contributed by atoms with van der Waals surface area (Å²) in [6.07, 6.45) is 1.61. The Bertz CT molecular complexity index is 596. The number of aromatic carboxylic acids is 1. The Hall–Kier alpha value is -1.81. The van der Waals surface area contributed by atoms with Gasteiger partial charge in [0.25, 0.3) is 0 Å². The van der Waals surface area contributed by atoms with Crippen LogP contribution in [0.1, 0.15) is 21.5 Å². The van der Waals surface area contributed by atoms with Crippen LogP contribution < -0.4 is 0 Å². The predicted octanol–water partition coefficient (Wildman–Crippen LogP) is 3.55. The van der Waals surface area contributed by atoms with Crippen molar-refractivity contribution in [3.05, 3.63) is 53.2 Å². The van der Waals surface area contributed by atoms with E-state index >= 15 is 0 Å². The van der Waals surface area contributed by atoms with Gasteiger partial charge >= 0.3 is 5.97 Å². The van der Waals surface area contributed by atoms with E-state index in [2.05, 4.69) is 4.98 Å². The summed E-state index contributed by atoms with van der Waals surface area (Å²) in [6.45, 7) is 4.02. The molecule has 0 radical (unpaired) electrons. The van der Waals surface area contributed by atoms with Crippen LogP contribution in [0.5, 0.6) is 0 Å². The van der Waals surface area contributed by atoms with Gasteiger partial charge in [-0.05, 0) is 43.2 Å². The highest BCUT2D eigenvalue weighted by atomic mass is 32.2. The highest BCUT2D eigenvalue weighted by molar-refractivity contribution is 7.99. The Morgan fingerprint density at radius 1 is 1.28 bits per heavy atom. The van der Waals surface area contributed by atoms with Gasteiger partial charge in [-0.25, -0.2) is 9.78 Å². The summed E-state index contributed by atoms with van der Waals surface area (Å²) >= 11 is 1.39. The molecule has 4 heteroatoms. The number of hydrogen-bond acceptors (Lipinski definition) is 3. The first-order valence-electron chi connectivity index (χ1n) is 5.51. The first-order chi connectivity index (χ1) is 8.58. The van der Waals surface area contributed by atoms with Crippen LogP contribution in [-0.2, 0) is 0 Å². The fraction of sp³-hybridized carbons (Fsp3) is 0.143. The fourth-order valence-corrected chi connectivity index (χ4v) is 2.62. The van der Waals surface area contributed by atoms with Gasteiger partial charge in [0, 0.05) is 11.1 Å². The molecule has 0 spiro atoms. The molecule has 1 aromatic carbocycles. The zero-order chi connectivity index (χ0) is 13.1. The standard InChI is InChI=1S/C14H13NO2S/c1-9-5-6-10(2)12(8-9)18-13-11(14(16)17)4-3-7-15-13/h3-8H,1-2H3,(H,16,17). The van der Waals surface area contributed by atoms with E-state index < -0.39 is 5.97 Å². The Labute approximate surface area is 110 Å². The van der Waals surface area contributed by atoms with Gasteiger partial charge in [-0.15, -0.1) is 0 Å². The monoisotopic (exact) mass is 259 g/mol. The molecular formula is C14H13NO2S. The molecule has 2 aromatic rings. The van der Waals surface area contributed by atoms with Crippen molar-refractivity contribution in [1.82, 2.24) is 4.98 Å². The lowest BCUT2D eigenvalue weighted by Gasteiger charge is -2.08. The normalized spacial score (nSPS) is 10.3. The maximum atomic E-state index is 11.1. The zero-order valence-electron chi connectivity index (χ0n) is 10.2. The molecule has 0 aliphatic heterocycles. The number of pyridine rings is 1. The van der Waals surface area contributed by atoms with E-state index in [1.54, 1.807) is 18.3 Å². The largest absolute Gasteiger partial charge is 0.478 e. The van der Waals surface area contributed by atoms with Gasteiger partial charge in [-0.1, -0.05) is 23.9 Å². The van der Waals surface area contributed by atoms with Crippen molar-refractivity contribution in [2.45, 2.75) is 23.8 Å². The number of carboxylic acid groups (broad SMARTS) is 1. The smallest absolute Gasteiger partial charge is 0.338 e. The molecule has 2 rings (SSSR count). The summed E-state index contributed by atoms with van der Waals surface area (Å²) in [5.41, 5.74) is 2.51. The molecule has 0 amide bonds. The highest BCUT2D eigenvalue weighted by Crippen LogP contribution is 2.31. The second kappa shape index (κ2) is 5.23.